The summed E-state index contributed by atoms with van der Waals surface area (Å²) in [6.07, 6.45) is 2.42. The van der Waals surface area contributed by atoms with E-state index in [4.69, 9.17) is 4.74 Å². The molecular weight excluding hydrogens is 326 g/mol. The summed E-state index contributed by atoms with van der Waals surface area (Å²) in [5.74, 6) is 0. The highest BCUT2D eigenvalue weighted by molar-refractivity contribution is 5.83. The van der Waals surface area contributed by atoms with Gasteiger partial charge in [-0.3, -0.25) is 0 Å². The van der Waals surface area contributed by atoms with Crippen LogP contribution in [0.15, 0.2) is 42.5 Å². The molecule has 2 unspecified atom stereocenters. The molecular formula is C22H29NO3. The van der Waals surface area contributed by atoms with Gasteiger partial charge >= 0.3 is 6.09 Å². The van der Waals surface area contributed by atoms with Crippen LogP contribution in [0.2, 0.25) is 0 Å². The number of hydrogen-bond acceptors (Lipinski definition) is 3. The molecule has 26 heavy (non-hydrogen) atoms. The normalized spacial score (nSPS) is 19.4. The molecule has 140 valence electrons. The van der Waals surface area contributed by atoms with Gasteiger partial charge in [-0.2, -0.15) is 0 Å². The zero-order valence-corrected chi connectivity index (χ0v) is 15.9. The maximum absolute atomic E-state index is 12.5. The Morgan fingerprint density at radius 3 is 2.65 bits per heavy atom. The third-order valence-electron chi connectivity index (χ3n) is 4.88. The van der Waals surface area contributed by atoms with E-state index in [0.717, 1.165) is 24.8 Å². The lowest BCUT2D eigenvalue weighted by atomic mass is 9.93. The van der Waals surface area contributed by atoms with Gasteiger partial charge in [-0.05, 0) is 56.4 Å². The van der Waals surface area contributed by atoms with E-state index in [1.807, 2.05) is 32.9 Å². The first-order valence-corrected chi connectivity index (χ1v) is 9.49. The maximum Gasteiger partial charge on any atom is 0.410 e. The number of nitrogens with zero attached hydrogens (tertiary/aromatic N) is 1. The van der Waals surface area contributed by atoms with Crippen LogP contribution in [0.5, 0.6) is 0 Å². The number of ether oxygens (including phenoxy) is 1. The summed E-state index contributed by atoms with van der Waals surface area (Å²) < 4.78 is 5.54. The molecule has 0 aliphatic carbocycles. The summed E-state index contributed by atoms with van der Waals surface area (Å²) in [6.45, 7) is 6.26. The molecule has 4 nitrogen and oxygen atoms in total. The van der Waals surface area contributed by atoms with Gasteiger partial charge in [0.1, 0.15) is 5.60 Å². The Bertz CT molecular complexity index is 765. The molecule has 1 aliphatic heterocycles. The Hall–Kier alpha value is -2.07. The molecule has 0 bridgehead atoms. The van der Waals surface area contributed by atoms with E-state index in [1.165, 1.54) is 10.8 Å². The number of carbonyl (C=O) groups is 1. The van der Waals surface area contributed by atoms with E-state index in [9.17, 15) is 9.90 Å². The number of piperidine rings is 1. The highest BCUT2D eigenvalue weighted by Gasteiger charge is 2.34. The van der Waals surface area contributed by atoms with E-state index in [-0.39, 0.29) is 12.1 Å². The third kappa shape index (κ3) is 4.55. The second kappa shape index (κ2) is 7.67. The average molecular weight is 355 g/mol. The van der Waals surface area contributed by atoms with Crippen LogP contribution in [-0.4, -0.2) is 40.4 Å². The zero-order chi connectivity index (χ0) is 18.7. The fraction of sp³-hybridized carbons (Fsp3) is 0.500. The van der Waals surface area contributed by atoms with Crippen molar-refractivity contribution in [3.05, 3.63) is 48.0 Å². The SMILES string of the molecule is CC(C)(C)OC(=O)N1CCCCC1C(O)Cc1ccc2ccccc2c1. The maximum atomic E-state index is 12.5. The van der Waals surface area contributed by atoms with Crippen LogP contribution >= 0.6 is 0 Å². The quantitative estimate of drug-likeness (QED) is 0.880. The Labute approximate surface area is 155 Å². The summed E-state index contributed by atoms with van der Waals surface area (Å²) >= 11 is 0. The number of benzene rings is 2. The molecule has 0 saturated carbocycles. The van der Waals surface area contributed by atoms with Crippen molar-refractivity contribution in [1.82, 2.24) is 4.90 Å². The van der Waals surface area contributed by atoms with Crippen LogP contribution in [0, 0.1) is 0 Å². The van der Waals surface area contributed by atoms with E-state index in [2.05, 4.69) is 30.3 Å². The van der Waals surface area contributed by atoms with Crippen molar-refractivity contribution in [3.63, 3.8) is 0 Å². The molecule has 1 fully saturated rings. The Morgan fingerprint density at radius 2 is 1.92 bits per heavy atom. The molecule has 2 aromatic rings. The van der Waals surface area contributed by atoms with Crippen molar-refractivity contribution in [1.29, 1.82) is 0 Å². The minimum atomic E-state index is -0.594. The van der Waals surface area contributed by atoms with Crippen molar-refractivity contribution in [2.75, 3.05) is 6.54 Å². The number of aliphatic hydroxyl groups is 1. The lowest BCUT2D eigenvalue weighted by Crippen LogP contribution is -2.51. The van der Waals surface area contributed by atoms with E-state index >= 15 is 0 Å². The van der Waals surface area contributed by atoms with Crippen molar-refractivity contribution in [2.24, 2.45) is 0 Å². The van der Waals surface area contributed by atoms with Gasteiger partial charge < -0.3 is 14.7 Å². The first kappa shape index (κ1) is 18.7. The lowest BCUT2D eigenvalue weighted by Gasteiger charge is -2.39. The van der Waals surface area contributed by atoms with Gasteiger partial charge in [0, 0.05) is 13.0 Å². The monoisotopic (exact) mass is 355 g/mol. The minimum Gasteiger partial charge on any atom is -0.444 e. The highest BCUT2D eigenvalue weighted by Crippen LogP contribution is 2.25. The molecule has 0 spiro atoms. The summed E-state index contributed by atoms with van der Waals surface area (Å²) in [6, 6.07) is 14.3. The Balaban J connectivity index is 1.73. The van der Waals surface area contributed by atoms with Gasteiger partial charge in [0.25, 0.3) is 0 Å². The molecule has 1 saturated heterocycles. The average Bonchev–Trinajstić information content (AvgIpc) is 2.60. The van der Waals surface area contributed by atoms with Gasteiger partial charge in [-0.15, -0.1) is 0 Å². The van der Waals surface area contributed by atoms with Crippen LogP contribution in [-0.2, 0) is 11.2 Å². The fourth-order valence-corrected chi connectivity index (χ4v) is 3.65. The molecule has 1 aliphatic rings. The van der Waals surface area contributed by atoms with Crippen molar-refractivity contribution in [3.8, 4) is 0 Å². The van der Waals surface area contributed by atoms with Crippen LogP contribution in [0.25, 0.3) is 10.8 Å². The predicted octanol–water partition coefficient (Wildman–Crippen LogP) is 4.53. The van der Waals surface area contributed by atoms with Gasteiger partial charge in [0.05, 0.1) is 12.1 Å². The number of amides is 1. The number of fused-ring (bicyclic) bond motifs is 1. The number of hydrogen-bond donors (Lipinski definition) is 1. The Kier molecular flexibility index (Phi) is 5.52. The van der Waals surface area contributed by atoms with Crippen LogP contribution in [0.4, 0.5) is 4.79 Å². The summed E-state index contributed by atoms with van der Waals surface area (Å²) in [5, 5.41) is 13.2. The predicted molar refractivity (Wildman–Crippen MR) is 104 cm³/mol. The van der Waals surface area contributed by atoms with E-state index in [1.54, 1.807) is 4.90 Å². The van der Waals surface area contributed by atoms with Crippen LogP contribution in [0.1, 0.15) is 45.6 Å². The molecule has 2 aromatic carbocycles. The van der Waals surface area contributed by atoms with Crippen molar-refractivity contribution in [2.45, 2.75) is 64.2 Å². The molecule has 1 amide bonds. The summed E-state index contributed by atoms with van der Waals surface area (Å²) in [5.41, 5.74) is 0.563. The first-order valence-electron chi connectivity index (χ1n) is 9.49. The van der Waals surface area contributed by atoms with Gasteiger partial charge in [-0.25, -0.2) is 4.79 Å². The number of rotatable bonds is 3. The summed E-state index contributed by atoms with van der Waals surface area (Å²) in [4.78, 5) is 14.3. The van der Waals surface area contributed by atoms with E-state index in [0.29, 0.717) is 13.0 Å². The minimum absolute atomic E-state index is 0.190. The Morgan fingerprint density at radius 1 is 1.19 bits per heavy atom. The topological polar surface area (TPSA) is 49.8 Å². The second-order valence-corrected chi connectivity index (χ2v) is 8.19. The van der Waals surface area contributed by atoms with Crippen LogP contribution < -0.4 is 0 Å². The first-order chi connectivity index (χ1) is 12.3. The fourth-order valence-electron chi connectivity index (χ4n) is 3.65. The van der Waals surface area contributed by atoms with Gasteiger partial charge in [0.2, 0.25) is 0 Å². The molecule has 2 atom stereocenters. The second-order valence-electron chi connectivity index (χ2n) is 8.19. The molecule has 1 heterocycles. The van der Waals surface area contributed by atoms with E-state index < -0.39 is 11.7 Å². The molecule has 1 N–H and O–H groups in total. The smallest absolute Gasteiger partial charge is 0.410 e. The van der Waals surface area contributed by atoms with Gasteiger partial charge in [-0.1, -0.05) is 42.5 Å². The van der Waals surface area contributed by atoms with Crippen LogP contribution in [0.3, 0.4) is 0 Å². The lowest BCUT2D eigenvalue weighted by molar-refractivity contribution is -0.0161. The molecule has 0 radical (unpaired) electrons. The molecule has 4 heteroatoms. The summed E-state index contributed by atoms with van der Waals surface area (Å²) in [7, 11) is 0. The molecule has 0 aromatic heterocycles. The van der Waals surface area contributed by atoms with Crippen molar-refractivity contribution < 1.29 is 14.6 Å². The highest BCUT2D eigenvalue weighted by atomic mass is 16.6. The zero-order valence-electron chi connectivity index (χ0n) is 15.9. The van der Waals surface area contributed by atoms with Crippen molar-refractivity contribution >= 4 is 16.9 Å². The number of likely N-dealkylation sites (tertiary alicyclic amines) is 1. The third-order valence-corrected chi connectivity index (χ3v) is 4.88. The number of aliphatic hydroxyl groups excluding tert-OH is 1. The molecule has 3 rings (SSSR count). The van der Waals surface area contributed by atoms with Gasteiger partial charge in [0.15, 0.2) is 0 Å². The largest absolute Gasteiger partial charge is 0.444 e. The standard InChI is InChI=1S/C22H29NO3/c1-22(2,3)26-21(25)23-13-7-6-10-19(23)20(24)15-16-11-12-17-8-4-5-9-18(17)14-16/h4-5,8-9,11-12,14,19-20,24H,6-7,10,13,15H2,1-3H3. The number of carbonyl (C=O) groups excluding carboxylic acids is 1.